The Morgan fingerprint density at radius 1 is 1.23 bits per heavy atom. The van der Waals surface area contributed by atoms with Crippen LogP contribution in [0.4, 0.5) is 10.1 Å². The third-order valence-electron chi connectivity index (χ3n) is 6.35. The maximum atomic E-state index is 14.5. The van der Waals surface area contributed by atoms with E-state index in [4.69, 9.17) is 10.5 Å². The molecule has 1 aliphatic heterocycles. The van der Waals surface area contributed by atoms with Gasteiger partial charge in [0.25, 0.3) is 0 Å². The van der Waals surface area contributed by atoms with Gasteiger partial charge in [0, 0.05) is 43.2 Å². The van der Waals surface area contributed by atoms with Crippen molar-refractivity contribution in [2.24, 2.45) is 0 Å². The maximum Gasteiger partial charge on any atom is 0.152 e. The lowest BCUT2D eigenvalue weighted by Gasteiger charge is -2.28. The molecule has 0 spiro atoms. The molecule has 2 aliphatic rings. The monoisotopic (exact) mass is 412 g/mol. The minimum atomic E-state index is -1.12. The van der Waals surface area contributed by atoms with Crippen molar-refractivity contribution >= 4 is 16.7 Å². The largest absolute Gasteiger partial charge is 0.487 e. The predicted octanol–water partition coefficient (Wildman–Crippen LogP) is 1.86. The second-order valence-electron chi connectivity index (χ2n) is 8.31. The second kappa shape index (κ2) is 7.23. The summed E-state index contributed by atoms with van der Waals surface area (Å²) in [6.07, 6.45) is 1.22. The molecule has 1 aliphatic carbocycles. The van der Waals surface area contributed by atoms with Gasteiger partial charge in [-0.2, -0.15) is 0 Å². The summed E-state index contributed by atoms with van der Waals surface area (Å²) < 4.78 is 22.3. The Labute approximate surface area is 173 Å². The third-order valence-corrected chi connectivity index (χ3v) is 6.35. The number of aliphatic hydroxyl groups excluding tert-OH is 2. The molecule has 0 saturated heterocycles. The number of nitrogens with two attached hydrogens (primary N) is 1. The first-order chi connectivity index (χ1) is 14.4. The van der Waals surface area contributed by atoms with Crippen LogP contribution in [-0.4, -0.2) is 56.6 Å². The SMILES string of the molecule is CN1CCc2cccc(OC3CC(n4cc(F)c5c(N)ccnc54)[C@H](O)[C@@H]3O)c2C1. The molecule has 158 valence electrons. The number of hydrogen-bond donors (Lipinski definition) is 3. The number of anilines is 1. The van der Waals surface area contributed by atoms with E-state index < -0.39 is 30.2 Å². The fourth-order valence-electron chi connectivity index (χ4n) is 4.73. The molecule has 30 heavy (non-hydrogen) atoms. The molecule has 8 heteroatoms. The van der Waals surface area contributed by atoms with Gasteiger partial charge in [0.15, 0.2) is 5.82 Å². The molecule has 5 rings (SSSR count). The minimum Gasteiger partial charge on any atom is -0.487 e. The average molecular weight is 412 g/mol. The van der Waals surface area contributed by atoms with Gasteiger partial charge in [0.05, 0.1) is 11.4 Å². The summed E-state index contributed by atoms with van der Waals surface area (Å²) in [4.78, 5) is 6.47. The van der Waals surface area contributed by atoms with Crippen molar-refractivity contribution in [3.8, 4) is 5.75 Å². The van der Waals surface area contributed by atoms with Gasteiger partial charge in [0.1, 0.15) is 29.7 Å². The Hall–Kier alpha value is -2.68. The molecule has 4 atom stereocenters. The molecule has 0 radical (unpaired) electrons. The molecule has 1 saturated carbocycles. The van der Waals surface area contributed by atoms with Gasteiger partial charge in [-0.05, 0) is 31.2 Å². The van der Waals surface area contributed by atoms with Crippen molar-refractivity contribution < 1.29 is 19.3 Å². The number of aromatic nitrogens is 2. The summed E-state index contributed by atoms with van der Waals surface area (Å²) >= 11 is 0. The zero-order chi connectivity index (χ0) is 21.0. The molecule has 1 aromatic carbocycles. The van der Waals surface area contributed by atoms with E-state index in [9.17, 15) is 14.6 Å². The van der Waals surface area contributed by atoms with Gasteiger partial charge in [-0.25, -0.2) is 9.37 Å². The Morgan fingerprint density at radius 2 is 2.07 bits per heavy atom. The predicted molar refractivity (Wildman–Crippen MR) is 111 cm³/mol. The van der Waals surface area contributed by atoms with Crippen LogP contribution in [0.15, 0.2) is 36.7 Å². The van der Waals surface area contributed by atoms with Gasteiger partial charge in [-0.3, -0.25) is 0 Å². The van der Waals surface area contributed by atoms with Crippen molar-refractivity contribution in [2.45, 2.75) is 43.7 Å². The number of pyridine rings is 1. The van der Waals surface area contributed by atoms with Crippen LogP contribution in [0.3, 0.4) is 0 Å². The first-order valence-corrected chi connectivity index (χ1v) is 10.2. The van der Waals surface area contributed by atoms with Crippen LogP contribution < -0.4 is 10.5 Å². The van der Waals surface area contributed by atoms with E-state index in [1.165, 1.54) is 24.0 Å². The van der Waals surface area contributed by atoms with Crippen molar-refractivity contribution in [3.05, 3.63) is 53.6 Å². The first kappa shape index (κ1) is 19.3. The highest BCUT2D eigenvalue weighted by Crippen LogP contribution is 2.38. The summed E-state index contributed by atoms with van der Waals surface area (Å²) in [5, 5.41) is 21.7. The Balaban J connectivity index is 1.45. The number of rotatable bonds is 3. The minimum absolute atomic E-state index is 0.226. The fourth-order valence-corrected chi connectivity index (χ4v) is 4.73. The number of hydrogen-bond acceptors (Lipinski definition) is 6. The van der Waals surface area contributed by atoms with E-state index in [1.807, 2.05) is 12.1 Å². The van der Waals surface area contributed by atoms with Gasteiger partial charge < -0.3 is 30.2 Å². The topological polar surface area (TPSA) is 96.8 Å². The van der Waals surface area contributed by atoms with Crippen molar-refractivity contribution in [1.29, 1.82) is 0 Å². The van der Waals surface area contributed by atoms with Crippen molar-refractivity contribution in [3.63, 3.8) is 0 Å². The molecule has 0 bridgehead atoms. The zero-order valence-corrected chi connectivity index (χ0v) is 16.7. The van der Waals surface area contributed by atoms with E-state index in [-0.39, 0.29) is 11.1 Å². The lowest BCUT2D eigenvalue weighted by Crippen LogP contribution is -2.35. The number of fused-ring (bicyclic) bond motifs is 2. The Kier molecular flexibility index (Phi) is 4.65. The second-order valence-corrected chi connectivity index (χ2v) is 8.31. The fraction of sp³-hybridized carbons (Fsp3) is 0.409. The van der Waals surface area contributed by atoms with Gasteiger partial charge >= 0.3 is 0 Å². The number of halogens is 1. The number of aliphatic hydroxyl groups is 2. The van der Waals surface area contributed by atoms with Crippen LogP contribution in [0.25, 0.3) is 11.0 Å². The summed E-state index contributed by atoms with van der Waals surface area (Å²) in [5.41, 5.74) is 8.90. The van der Waals surface area contributed by atoms with Gasteiger partial charge in [-0.1, -0.05) is 12.1 Å². The quantitative estimate of drug-likeness (QED) is 0.608. The van der Waals surface area contributed by atoms with E-state index in [2.05, 4.69) is 23.0 Å². The third kappa shape index (κ3) is 3.03. The summed E-state index contributed by atoms with van der Waals surface area (Å²) in [7, 11) is 2.06. The van der Waals surface area contributed by atoms with Gasteiger partial charge in [0.2, 0.25) is 0 Å². The van der Waals surface area contributed by atoms with E-state index in [1.54, 1.807) is 4.57 Å². The molecule has 4 N–H and O–H groups in total. The van der Waals surface area contributed by atoms with Crippen molar-refractivity contribution in [1.82, 2.24) is 14.5 Å². The van der Waals surface area contributed by atoms with E-state index in [0.717, 1.165) is 30.8 Å². The molecule has 2 aromatic heterocycles. The lowest BCUT2D eigenvalue weighted by atomic mass is 9.99. The molecule has 0 amide bonds. The van der Waals surface area contributed by atoms with Gasteiger partial charge in [-0.15, -0.1) is 0 Å². The van der Waals surface area contributed by atoms with Crippen LogP contribution in [0, 0.1) is 5.82 Å². The standard InChI is InChI=1S/C22H25FN4O3/c1-26-8-6-12-3-2-4-17(13(12)10-26)30-18-9-16(20(28)21(18)29)27-11-14(23)19-15(24)5-7-25-22(19)27/h2-5,7,11,16,18,20-21,28-29H,6,8-10H2,1H3,(H2,24,25)/t16?,18?,20-,21+/m0/s1. The maximum absolute atomic E-state index is 14.5. The first-order valence-electron chi connectivity index (χ1n) is 10.2. The van der Waals surface area contributed by atoms with E-state index in [0.29, 0.717) is 12.1 Å². The molecule has 2 unspecified atom stereocenters. The van der Waals surface area contributed by atoms with Crippen molar-refractivity contribution in [2.75, 3.05) is 19.3 Å². The van der Waals surface area contributed by atoms with Crippen LogP contribution in [-0.2, 0) is 13.0 Å². The number of nitrogen functional groups attached to an aromatic ring is 1. The summed E-state index contributed by atoms with van der Waals surface area (Å²) in [6.45, 7) is 1.77. The Bertz CT molecular complexity index is 1100. The number of nitrogens with zero attached hydrogens (tertiary/aromatic N) is 3. The highest BCUT2D eigenvalue weighted by molar-refractivity contribution is 5.89. The highest BCUT2D eigenvalue weighted by atomic mass is 19.1. The van der Waals surface area contributed by atoms with Crippen LogP contribution in [0.2, 0.25) is 0 Å². The average Bonchev–Trinajstić information content (AvgIpc) is 3.21. The van der Waals surface area contributed by atoms with E-state index >= 15 is 0 Å². The highest BCUT2D eigenvalue weighted by Gasteiger charge is 2.45. The van der Waals surface area contributed by atoms with Crippen LogP contribution >= 0.6 is 0 Å². The Morgan fingerprint density at radius 3 is 2.90 bits per heavy atom. The van der Waals surface area contributed by atoms with Crippen LogP contribution in [0.1, 0.15) is 23.6 Å². The number of benzene rings is 1. The molecule has 3 heterocycles. The molecule has 7 nitrogen and oxygen atoms in total. The molecule has 1 fully saturated rings. The summed E-state index contributed by atoms with van der Waals surface area (Å²) in [5.74, 6) is 0.226. The number of likely N-dealkylation sites (N-methyl/N-ethyl adjacent to an activating group) is 1. The normalized spacial score (nSPS) is 26.8. The summed E-state index contributed by atoms with van der Waals surface area (Å²) in [6, 6.07) is 6.92. The molecular weight excluding hydrogens is 387 g/mol. The smallest absolute Gasteiger partial charge is 0.152 e. The zero-order valence-electron chi connectivity index (χ0n) is 16.7. The lowest BCUT2D eigenvalue weighted by molar-refractivity contribution is -0.0168. The molecule has 3 aromatic rings. The van der Waals surface area contributed by atoms with Crippen LogP contribution in [0.5, 0.6) is 5.75 Å². The number of ether oxygens (including phenoxy) is 1. The molecular formula is C22H25FN4O3.